The highest BCUT2D eigenvalue weighted by Gasteiger charge is 2.11. The number of rotatable bonds is 1. The predicted molar refractivity (Wildman–Crippen MR) is 63.7 cm³/mol. The van der Waals surface area contributed by atoms with Crippen molar-refractivity contribution in [2.24, 2.45) is 7.05 Å². The van der Waals surface area contributed by atoms with E-state index in [0.29, 0.717) is 5.56 Å². The Kier molecular flexibility index (Phi) is 2.46. The van der Waals surface area contributed by atoms with E-state index in [1.807, 2.05) is 19.2 Å². The summed E-state index contributed by atoms with van der Waals surface area (Å²) in [6.45, 7) is 4.14. The van der Waals surface area contributed by atoms with Gasteiger partial charge in [0.25, 0.3) is 0 Å². The van der Waals surface area contributed by atoms with Crippen LogP contribution in [0.4, 0.5) is 0 Å². The summed E-state index contributed by atoms with van der Waals surface area (Å²) in [7, 11) is 3.43. The number of carbonyl (C=O) groups excluding carboxylic acids is 1. The molecule has 0 bridgehead atoms. The normalized spacial score (nSPS) is 10.8. The van der Waals surface area contributed by atoms with Crippen molar-refractivity contribution in [3.8, 4) is 0 Å². The zero-order valence-electron chi connectivity index (χ0n) is 10.00. The minimum absolute atomic E-state index is 0.289. The topological polar surface area (TPSA) is 31.2 Å². The predicted octanol–water partition coefficient (Wildman–Crippen LogP) is 2.58. The van der Waals surface area contributed by atoms with Gasteiger partial charge in [-0.2, -0.15) is 0 Å². The van der Waals surface area contributed by atoms with Gasteiger partial charge in [-0.3, -0.25) is 0 Å². The molecule has 3 heteroatoms. The van der Waals surface area contributed by atoms with E-state index in [0.717, 1.165) is 10.9 Å². The van der Waals surface area contributed by atoms with Crippen LogP contribution >= 0.6 is 0 Å². The van der Waals surface area contributed by atoms with Crippen LogP contribution in [0.25, 0.3) is 10.9 Å². The number of ether oxygens (including phenoxy) is 1. The van der Waals surface area contributed by atoms with Gasteiger partial charge in [-0.15, -0.1) is 0 Å². The van der Waals surface area contributed by atoms with Crippen molar-refractivity contribution in [3.05, 3.63) is 35.0 Å². The molecule has 0 aliphatic carbocycles. The van der Waals surface area contributed by atoms with Gasteiger partial charge in [0.05, 0.1) is 12.7 Å². The first-order valence-corrected chi connectivity index (χ1v) is 5.20. The summed E-state index contributed by atoms with van der Waals surface area (Å²) in [4.78, 5) is 11.4. The molecule has 3 nitrogen and oxygen atoms in total. The van der Waals surface area contributed by atoms with Crippen molar-refractivity contribution in [2.75, 3.05) is 7.11 Å². The molecule has 0 N–H and O–H groups in total. The molecule has 0 saturated carbocycles. The second-order valence-electron chi connectivity index (χ2n) is 3.99. The Morgan fingerprint density at radius 1 is 1.31 bits per heavy atom. The summed E-state index contributed by atoms with van der Waals surface area (Å²) in [5.74, 6) is -0.289. The van der Waals surface area contributed by atoms with Gasteiger partial charge in [-0.25, -0.2) is 4.79 Å². The third-order valence-electron chi connectivity index (χ3n) is 3.23. The van der Waals surface area contributed by atoms with Crippen molar-refractivity contribution in [2.45, 2.75) is 13.8 Å². The molecule has 0 atom stereocenters. The third kappa shape index (κ3) is 1.40. The fraction of sp³-hybridized carbons (Fsp3) is 0.308. The molecule has 16 heavy (non-hydrogen) atoms. The van der Waals surface area contributed by atoms with E-state index in [2.05, 4.69) is 18.4 Å². The van der Waals surface area contributed by atoms with Crippen molar-refractivity contribution < 1.29 is 9.53 Å². The number of hydrogen-bond donors (Lipinski definition) is 0. The fourth-order valence-corrected chi connectivity index (χ4v) is 2.00. The highest BCUT2D eigenvalue weighted by molar-refractivity contribution is 5.96. The van der Waals surface area contributed by atoms with E-state index in [-0.39, 0.29) is 5.97 Å². The number of methoxy groups -OCH3 is 1. The first kappa shape index (κ1) is 10.7. The van der Waals surface area contributed by atoms with E-state index in [1.54, 1.807) is 6.07 Å². The number of aryl methyl sites for hydroxylation is 2. The first-order valence-electron chi connectivity index (χ1n) is 5.20. The largest absolute Gasteiger partial charge is 0.465 e. The van der Waals surface area contributed by atoms with Crippen LogP contribution in [0.3, 0.4) is 0 Å². The van der Waals surface area contributed by atoms with Crippen LogP contribution in [0.15, 0.2) is 18.2 Å². The Morgan fingerprint density at radius 2 is 2.00 bits per heavy atom. The van der Waals surface area contributed by atoms with Gasteiger partial charge in [-0.1, -0.05) is 0 Å². The standard InChI is InChI=1S/C13H15NO2/c1-8-9(2)14(3)12-6-5-10(7-11(8)12)13(15)16-4/h5-7H,1-4H3. The van der Waals surface area contributed by atoms with Crippen LogP contribution in [-0.4, -0.2) is 17.6 Å². The Morgan fingerprint density at radius 3 is 2.62 bits per heavy atom. The van der Waals surface area contributed by atoms with E-state index >= 15 is 0 Å². The number of hydrogen-bond acceptors (Lipinski definition) is 2. The lowest BCUT2D eigenvalue weighted by molar-refractivity contribution is 0.0601. The van der Waals surface area contributed by atoms with E-state index in [4.69, 9.17) is 4.74 Å². The third-order valence-corrected chi connectivity index (χ3v) is 3.23. The summed E-state index contributed by atoms with van der Waals surface area (Å²) in [5, 5.41) is 1.11. The number of aromatic nitrogens is 1. The van der Waals surface area contributed by atoms with E-state index < -0.39 is 0 Å². The fourth-order valence-electron chi connectivity index (χ4n) is 2.00. The van der Waals surface area contributed by atoms with E-state index in [9.17, 15) is 4.79 Å². The minimum Gasteiger partial charge on any atom is -0.465 e. The molecule has 1 heterocycles. The van der Waals surface area contributed by atoms with Crippen LogP contribution in [0.1, 0.15) is 21.6 Å². The molecule has 2 aromatic rings. The zero-order chi connectivity index (χ0) is 11.9. The van der Waals surface area contributed by atoms with Crippen molar-refractivity contribution in [1.82, 2.24) is 4.57 Å². The highest BCUT2D eigenvalue weighted by Crippen LogP contribution is 2.25. The van der Waals surface area contributed by atoms with Crippen molar-refractivity contribution in [1.29, 1.82) is 0 Å². The van der Waals surface area contributed by atoms with Gasteiger partial charge < -0.3 is 9.30 Å². The lowest BCUT2D eigenvalue weighted by atomic mass is 10.1. The number of esters is 1. The first-order chi connectivity index (χ1) is 7.56. The van der Waals surface area contributed by atoms with Crippen LogP contribution in [0, 0.1) is 13.8 Å². The average molecular weight is 217 g/mol. The lowest BCUT2D eigenvalue weighted by Crippen LogP contribution is -2.00. The highest BCUT2D eigenvalue weighted by atomic mass is 16.5. The Labute approximate surface area is 94.6 Å². The van der Waals surface area contributed by atoms with Crippen LogP contribution in [0.5, 0.6) is 0 Å². The molecule has 1 aromatic heterocycles. The molecular weight excluding hydrogens is 202 g/mol. The molecule has 0 saturated heterocycles. The SMILES string of the molecule is COC(=O)c1ccc2c(c1)c(C)c(C)n2C. The molecule has 84 valence electrons. The lowest BCUT2D eigenvalue weighted by Gasteiger charge is -2.01. The molecule has 2 rings (SSSR count). The summed E-state index contributed by atoms with van der Waals surface area (Å²) in [6, 6.07) is 5.65. The number of nitrogens with zero attached hydrogens (tertiary/aromatic N) is 1. The molecule has 0 aliphatic rings. The minimum atomic E-state index is -0.289. The maximum atomic E-state index is 11.4. The summed E-state index contributed by atoms with van der Waals surface area (Å²) in [5.41, 5.74) is 4.17. The average Bonchev–Trinajstić information content (AvgIpc) is 2.53. The quantitative estimate of drug-likeness (QED) is 0.687. The smallest absolute Gasteiger partial charge is 0.337 e. The second kappa shape index (κ2) is 3.67. The summed E-state index contributed by atoms with van der Waals surface area (Å²) < 4.78 is 6.85. The van der Waals surface area contributed by atoms with Gasteiger partial charge in [-0.05, 0) is 37.6 Å². The Hall–Kier alpha value is -1.77. The second-order valence-corrected chi connectivity index (χ2v) is 3.99. The molecule has 0 spiro atoms. The molecule has 1 aromatic carbocycles. The maximum Gasteiger partial charge on any atom is 0.337 e. The van der Waals surface area contributed by atoms with Gasteiger partial charge in [0, 0.05) is 23.6 Å². The summed E-state index contributed by atoms with van der Waals surface area (Å²) in [6.07, 6.45) is 0. The zero-order valence-corrected chi connectivity index (χ0v) is 10.00. The van der Waals surface area contributed by atoms with Crippen LogP contribution in [0.2, 0.25) is 0 Å². The molecule has 0 fully saturated rings. The van der Waals surface area contributed by atoms with Gasteiger partial charge in [0.15, 0.2) is 0 Å². The van der Waals surface area contributed by atoms with Crippen LogP contribution in [-0.2, 0) is 11.8 Å². The molecule has 0 aliphatic heterocycles. The van der Waals surface area contributed by atoms with Crippen molar-refractivity contribution in [3.63, 3.8) is 0 Å². The number of benzene rings is 1. The number of fused-ring (bicyclic) bond motifs is 1. The van der Waals surface area contributed by atoms with Gasteiger partial charge in [0.2, 0.25) is 0 Å². The van der Waals surface area contributed by atoms with Gasteiger partial charge in [0.1, 0.15) is 0 Å². The molecular formula is C13H15NO2. The van der Waals surface area contributed by atoms with E-state index in [1.165, 1.54) is 18.4 Å². The monoisotopic (exact) mass is 217 g/mol. The van der Waals surface area contributed by atoms with Gasteiger partial charge >= 0.3 is 5.97 Å². The maximum absolute atomic E-state index is 11.4. The molecule has 0 radical (unpaired) electrons. The molecule has 0 unspecified atom stereocenters. The molecule has 0 amide bonds. The number of carbonyl (C=O) groups is 1. The Balaban J connectivity index is 2.71. The van der Waals surface area contributed by atoms with Crippen molar-refractivity contribution >= 4 is 16.9 Å². The summed E-state index contributed by atoms with van der Waals surface area (Å²) >= 11 is 0. The van der Waals surface area contributed by atoms with Crippen LogP contribution < -0.4 is 0 Å². The Bertz CT molecular complexity index is 567.